The predicted octanol–water partition coefficient (Wildman–Crippen LogP) is 3.53. The van der Waals surface area contributed by atoms with Crippen molar-refractivity contribution < 1.29 is 9.21 Å². The molecule has 1 saturated carbocycles. The summed E-state index contributed by atoms with van der Waals surface area (Å²) in [6.07, 6.45) is 10.4. The molecule has 2 saturated heterocycles. The summed E-state index contributed by atoms with van der Waals surface area (Å²) in [6.45, 7) is 9.52. The van der Waals surface area contributed by atoms with Gasteiger partial charge in [0.25, 0.3) is 0 Å². The van der Waals surface area contributed by atoms with Crippen LogP contribution in [0.4, 0.5) is 5.82 Å². The summed E-state index contributed by atoms with van der Waals surface area (Å²) < 4.78 is 5.80. The number of nitrogens with zero attached hydrogens (tertiary/aromatic N) is 5. The monoisotopic (exact) mass is 425 g/mol. The van der Waals surface area contributed by atoms with E-state index in [0.29, 0.717) is 11.6 Å². The molecule has 1 amide bonds. The molecule has 0 bridgehead atoms. The Kier molecular flexibility index (Phi) is 5.87. The van der Waals surface area contributed by atoms with Crippen LogP contribution in [-0.2, 0) is 4.79 Å². The Morgan fingerprint density at radius 3 is 2.52 bits per heavy atom. The quantitative estimate of drug-likeness (QED) is 0.750. The van der Waals surface area contributed by atoms with Gasteiger partial charge in [-0.25, -0.2) is 9.97 Å². The van der Waals surface area contributed by atoms with Crippen LogP contribution in [-0.4, -0.2) is 71.0 Å². The number of aryl methyl sites for hydroxylation is 2. The van der Waals surface area contributed by atoms with Crippen LogP contribution in [0.15, 0.2) is 10.7 Å². The van der Waals surface area contributed by atoms with Crippen LogP contribution in [0, 0.1) is 19.8 Å². The molecule has 0 aromatic carbocycles. The van der Waals surface area contributed by atoms with Crippen LogP contribution < -0.4 is 4.90 Å². The number of hydrogen-bond donors (Lipinski definition) is 0. The van der Waals surface area contributed by atoms with Gasteiger partial charge in [-0.2, -0.15) is 0 Å². The smallest absolute Gasteiger partial charge is 0.231 e. The topological polar surface area (TPSA) is 65.7 Å². The Bertz CT molecular complexity index is 927. The molecule has 3 fully saturated rings. The highest BCUT2D eigenvalue weighted by atomic mass is 16.3. The largest absolute Gasteiger partial charge is 0.443 e. The summed E-state index contributed by atoms with van der Waals surface area (Å²) in [6, 6.07) is 0.748. The van der Waals surface area contributed by atoms with Gasteiger partial charge in [0.1, 0.15) is 17.9 Å². The number of piperazine rings is 1. The van der Waals surface area contributed by atoms with E-state index in [9.17, 15) is 4.79 Å². The van der Waals surface area contributed by atoms with Gasteiger partial charge in [0.15, 0.2) is 0 Å². The Labute approximate surface area is 184 Å². The number of hydrogen-bond acceptors (Lipinski definition) is 6. The second-order valence-corrected chi connectivity index (χ2v) is 9.60. The first kappa shape index (κ1) is 20.7. The average molecular weight is 426 g/mol. The SMILES string of the molecule is Cc1oc2ncnc(N3CCC[C@H](C(=O)N4CCN(C5CCCCC5)CC4)C3)c2c1C. The molecule has 31 heavy (non-hydrogen) atoms. The van der Waals surface area contributed by atoms with E-state index < -0.39 is 0 Å². The Morgan fingerprint density at radius 2 is 1.74 bits per heavy atom. The molecule has 0 spiro atoms. The number of rotatable bonds is 3. The third-order valence-electron chi connectivity index (χ3n) is 7.73. The fourth-order valence-electron chi connectivity index (χ4n) is 5.79. The van der Waals surface area contributed by atoms with Gasteiger partial charge in [-0.05, 0) is 39.5 Å². The maximum absolute atomic E-state index is 13.4. The van der Waals surface area contributed by atoms with Crippen LogP contribution in [0.3, 0.4) is 0 Å². The molecule has 0 N–H and O–H groups in total. The molecule has 0 radical (unpaired) electrons. The molecule has 1 aliphatic carbocycles. The summed E-state index contributed by atoms with van der Waals surface area (Å²) in [5.74, 6) is 2.18. The van der Waals surface area contributed by atoms with Crippen molar-refractivity contribution in [3.8, 4) is 0 Å². The molecule has 7 nitrogen and oxygen atoms in total. The van der Waals surface area contributed by atoms with E-state index >= 15 is 0 Å². The minimum Gasteiger partial charge on any atom is -0.443 e. The van der Waals surface area contributed by atoms with Gasteiger partial charge in [0.05, 0.1) is 11.3 Å². The number of furan rings is 1. The maximum Gasteiger partial charge on any atom is 0.231 e. The molecule has 4 heterocycles. The zero-order valence-corrected chi connectivity index (χ0v) is 19.0. The van der Waals surface area contributed by atoms with E-state index in [1.54, 1.807) is 6.33 Å². The first-order valence-corrected chi connectivity index (χ1v) is 12.1. The number of piperidine rings is 1. The molecule has 168 valence electrons. The predicted molar refractivity (Wildman–Crippen MR) is 121 cm³/mol. The molecular formula is C24H35N5O2. The molecule has 2 aliphatic heterocycles. The fourth-order valence-corrected chi connectivity index (χ4v) is 5.79. The van der Waals surface area contributed by atoms with E-state index in [-0.39, 0.29) is 5.92 Å². The Hall–Kier alpha value is -2.15. The van der Waals surface area contributed by atoms with Crippen molar-refractivity contribution in [2.45, 2.75) is 64.8 Å². The summed E-state index contributed by atoms with van der Waals surface area (Å²) in [4.78, 5) is 29.3. The molecular weight excluding hydrogens is 390 g/mol. The summed E-state index contributed by atoms with van der Waals surface area (Å²) >= 11 is 0. The number of carbonyl (C=O) groups is 1. The highest BCUT2D eigenvalue weighted by molar-refractivity contribution is 5.90. The van der Waals surface area contributed by atoms with Crippen LogP contribution in [0.5, 0.6) is 0 Å². The highest BCUT2D eigenvalue weighted by Gasteiger charge is 2.33. The summed E-state index contributed by atoms with van der Waals surface area (Å²) in [5, 5.41) is 0.995. The van der Waals surface area contributed by atoms with Crippen LogP contribution in [0.25, 0.3) is 11.1 Å². The van der Waals surface area contributed by atoms with E-state index in [1.165, 1.54) is 32.1 Å². The first-order chi connectivity index (χ1) is 15.1. The second kappa shape index (κ2) is 8.77. The van der Waals surface area contributed by atoms with Crippen LogP contribution in [0.1, 0.15) is 56.3 Å². The fraction of sp³-hybridized carbons (Fsp3) is 0.708. The maximum atomic E-state index is 13.4. The van der Waals surface area contributed by atoms with Crippen LogP contribution in [0.2, 0.25) is 0 Å². The molecule has 7 heteroatoms. The molecule has 1 atom stereocenters. The van der Waals surface area contributed by atoms with Gasteiger partial charge in [-0.3, -0.25) is 9.69 Å². The van der Waals surface area contributed by atoms with Crippen molar-refractivity contribution >= 4 is 22.8 Å². The van der Waals surface area contributed by atoms with Crippen molar-refractivity contribution in [2.24, 2.45) is 5.92 Å². The molecule has 5 rings (SSSR count). The van der Waals surface area contributed by atoms with Gasteiger partial charge in [-0.15, -0.1) is 0 Å². The van der Waals surface area contributed by atoms with E-state index in [4.69, 9.17) is 4.42 Å². The second-order valence-electron chi connectivity index (χ2n) is 9.60. The lowest BCUT2D eigenvalue weighted by molar-refractivity contribution is -0.138. The Morgan fingerprint density at radius 1 is 0.968 bits per heavy atom. The number of aromatic nitrogens is 2. The lowest BCUT2D eigenvalue weighted by atomic mass is 9.93. The van der Waals surface area contributed by atoms with Gasteiger partial charge in [-0.1, -0.05) is 19.3 Å². The molecule has 0 unspecified atom stereocenters. The zero-order valence-electron chi connectivity index (χ0n) is 19.0. The third-order valence-corrected chi connectivity index (χ3v) is 7.73. The first-order valence-electron chi connectivity index (χ1n) is 12.1. The van der Waals surface area contributed by atoms with Crippen LogP contribution >= 0.6 is 0 Å². The van der Waals surface area contributed by atoms with Crippen molar-refractivity contribution in [1.82, 2.24) is 19.8 Å². The number of amides is 1. The zero-order chi connectivity index (χ0) is 21.4. The summed E-state index contributed by atoms with van der Waals surface area (Å²) in [7, 11) is 0. The van der Waals surface area contributed by atoms with Crippen molar-refractivity contribution in [2.75, 3.05) is 44.2 Å². The van der Waals surface area contributed by atoms with Crippen molar-refractivity contribution in [3.05, 3.63) is 17.7 Å². The molecule has 3 aliphatic rings. The van der Waals surface area contributed by atoms with E-state index in [2.05, 4.69) is 31.6 Å². The van der Waals surface area contributed by atoms with Crippen molar-refractivity contribution in [1.29, 1.82) is 0 Å². The Balaban J connectivity index is 1.24. The van der Waals surface area contributed by atoms with E-state index in [1.807, 2.05) is 6.92 Å². The number of fused-ring (bicyclic) bond motifs is 1. The third kappa shape index (κ3) is 4.04. The van der Waals surface area contributed by atoms with E-state index in [0.717, 1.165) is 80.7 Å². The number of anilines is 1. The standard InChI is InChI=1S/C24H35N5O2/c1-17-18(2)31-23-21(17)22(25-16-26-23)29-10-6-7-19(15-29)24(30)28-13-11-27(12-14-28)20-8-4-3-5-9-20/h16,19-20H,3-15H2,1-2H3/t19-/m0/s1. The minimum atomic E-state index is 0.0494. The normalized spacial score (nSPS) is 24.1. The van der Waals surface area contributed by atoms with Gasteiger partial charge in [0.2, 0.25) is 11.6 Å². The lowest BCUT2D eigenvalue weighted by Crippen LogP contribution is -2.54. The van der Waals surface area contributed by atoms with Gasteiger partial charge >= 0.3 is 0 Å². The minimum absolute atomic E-state index is 0.0494. The molecule has 2 aromatic heterocycles. The van der Waals surface area contributed by atoms with Crippen molar-refractivity contribution in [3.63, 3.8) is 0 Å². The number of carbonyl (C=O) groups excluding carboxylic acids is 1. The summed E-state index contributed by atoms with van der Waals surface area (Å²) in [5.41, 5.74) is 1.74. The highest BCUT2D eigenvalue weighted by Crippen LogP contribution is 2.33. The molecule has 2 aromatic rings. The lowest BCUT2D eigenvalue weighted by Gasteiger charge is -2.42. The average Bonchev–Trinajstić information content (AvgIpc) is 3.13. The van der Waals surface area contributed by atoms with Gasteiger partial charge in [0, 0.05) is 50.9 Å². The van der Waals surface area contributed by atoms with Gasteiger partial charge < -0.3 is 14.2 Å².